The Morgan fingerprint density at radius 2 is 2.16 bits per heavy atom. The third kappa shape index (κ3) is 3.17. The number of aryl methyl sites for hydroxylation is 1. The van der Waals surface area contributed by atoms with Crippen molar-refractivity contribution in [2.75, 3.05) is 6.61 Å². The van der Waals surface area contributed by atoms with Crippen molar-refractivity contribution in [1.29, 1.82) is 0 Å². The van der Waals surface area contributed by atoms with Crippen molar-refractivity contribution < 1.29 is 9.13 Å². The van der Waals surface area contributed by atoms with E-state index in [0.717, 1.165) is 18.4 Å². The van der Waals surface area contributed by atoms with Crippen LogP contribution in [0, 0.1) is 12.7 Å². The number of aromatic amines is 1. The van der Waals surface area contributed by atoms with Gasteiger partial charge in [0.15, 0.2) is 23.2 Å². The fraction of sp³-hybridized carbons (Fsp3) is 0.353. The number of H-pyrrole nitrogens is 1. The summed E-state index contributed by atoms with van der Waals surface area (Å²) in [5.74, 6) is 0.549. The van der Waals surface area contributed by atoms with Gasteiger partial charge in [-0.3, -0.25) is 5.10 Å². The molecule has 6 nitrogen and oxygen atoms in total. The number of hydrogen-bond donors (Lipinski definition) is 1. The van der Waals surface area contributed by atoms with Crippen LogP contribution in [0.25, 0.3) is 11.5 Å². The standard InChI is InChI=1S/C17H17ClFN5O/c1-10-14(19)15(22-21-10)17-20-16(13-3-2-8-25-13)23-24(17)9-11-4-6-12(18)7-5-11/h4-7,13H,2-3,8-9H2,1H3,(H,21,22). The minimum absolute atomic E-state index is 0.145. The van der Waals surface area contributed by atoms with Crippen LogP contribution in [0.4, 0.5) is 4.39 Å². The van der Waals surface area contributed by atoms with E-state index in [0.29, 0.717) is 35.5 Å². The summed E-state index contributed by atoms with van der Waals surface area (Å²) in [6.45, 7) is 2.77. The van der Waals surface area contributed by atoms with Crippen molar-refractivity contribution in [1.82, 2.24) is 25.0 Å². The van der Waals surface area contributed by atoms with Gasteiger partial charge in [0.25, 0.3) is 0 Å². The number of hydrogen-bond acceptors (Lipinski definition) is 4. The molecule has 0 spiro atoms. The van der Waals surface area contributed by atoms with Crippen molar-refractivity contribution in [3.63, 3.8) is 0 Å². The van der Waals surface area contributed by atoms with E-state index in [-0.39, 0.29) is 11.8 Å². The normalized spacial score (nSPS) is 17.3. The van der Waals surface area contributed by atoms with Crippen molar-refractivity contribution in [2.45, 2.75) is 32.4 Å². The van der Waals surface area contributed by atoms with Crippen molar-refractivity contribution >= 4 is 11.6 Å². The molecule has 8 heteroatoms. The Kier molecular flexibility index (Phi) is 4.27. The predicted molar refractivity (Wildman–Crippen MR) is 90.8 cm³/mol. The van der Waals surface area contributed by atoms with Gasteiger partial charge in [-0.2, -0.15) is 10.2 Å². The second-order valence-electron chi connectivity index (χ2n) is 6.09. The molecule has 0 radical (unpaired) electrons. The van der Waals surface area contributed by atoms with E-state index in [4.69, 9.17) is 16.3 Å². The van der Waals surface area contributed by atoms with Gasteiger partial charge in [0.1, 0.15) is 6.10 Å². The van der Waals surface area contributed by atoms with Crippen LogP contribution >= 0.6 is 11.6 Å². The van der Waals surface area contributed by atoms with Gasteiger partial charge in [0.2, 0.25) is 0 Å². The highest BCUT2D eigenvalue weighted by Gasteiger charge is 2.26. The van der Waals surface area contributed by atoms with Crippen molar-refractivity contribution in [3.05, 3.63) is 52.2 Å². The molecule has 1 atom stereocenters. The highest BCUT2D eigenvalue weighted by molar-refractivity contribution is 6.30. The molecule has 0 saturated carbocycles. The number of ether oxygens (including phenoxy) is 1. The lowest BCUT2D eigenvalue weighted by Gasteiger charge is -2.05. The molecule has 0 amide bonds. The van der Waals surface area contributed by atoms with E-state index in [1.807, 2.05) is 24.3 Å². The molecule has 1 saturated heterocycles. The van der Waals surface area contributed by atoms with Crippen molar-refractivity contribution in [2.24, 2.45) is 0 Å². The van der Waals surface area contributed by atoms with Crippen LogP contribution in [-0.4, -0.2) is 31.6 Å². The Morgan fingerprint density at radius 1 is 1.36 bits per heavy atom. The molecule has 1 unspecified atom stereocenters. The summed E-state index contributed by atoms with van der Waals surface area (Å²) in [4.78, 5) is 4.53. The van der Waals surface area contributed by atoms with Crippen LogP contribution < -0.4 is 0 Å². The van der Waals surface area contributed by atoms with E-state index < -0.39 is 5.82 Å². The van der Waals surface area contributed by atoms with Gasteiger partial charge in [0, 0.05) is 11.6 Å². The maximum atomic E-state index is 14.4. The predicted octanol–water partition coefficient (Wildman–Crippen LogP) is 3.67. The highest BCUT2D eigenvalue weighted by Crippen LogP contribution is 2.29. The van der Waals surface area contributed by atoms with Gasteiger partial charge in [0.05, 0.1) is 12.2 Å². The van der Waals surface area contributed by atoms with Gasteiger partial charge in [-0.05, 0) is 37.5 Å². The molecule has 4 rings (SSSR count). The largest absolute Gasteiger partial charge is 0.370 e. The SMILES string of the molecule is Cc1[nH]nc(-c2nc(C3CCCO3)nn2Cc2ccc(Cl)cc2)c1F. The summed E-state index contributed by atoms with van der Waals surface area (Å²) >= 11 is 5.94. The third-order valence-corrected chi connectivity index (χ3v) is 4.49. The lowest BCUT2D eigenvalue weighted by molar-refractivity contribution is 0.105. The second kappa shape index (κ2) is 6.57. The van der Waals surface area contributed by atoms with E-state index in [1.54, 1.807) is 11.6 Å². The number of nitrogens with zero attached hydrogens (tertiary/aromatic N) is 4. The molecule has 0 aliphatic carbocycles. The quantitative estimate of drug-likeness (QED) is 0.769. The molecule has 1 aromatic carbocycles. The van der Waals surface area contributed by atoms with Crippen LogP contribution in [-0.2, 0) is 11.3 Å². The minimum atomic E-state index is -0.413. The van der Waals surface area contributed by atoms with Gasteiger partial charge < -0.3 is 4.74 Å². The van der Waals surface area contributed by atoms with E-state index >= 15 is 0 Å². The monoisotopic (exact) mass is 361 g/mol. The molecule has 0 bridgehead atoms. The first kappa shape index (κ1) is 16.2. The number of nitrogens with one attached hydrogen (secondary N) is 1. The number of aromatic nitrogens is 5. The fourth-order valence-electron chi connectivity index (χ4n) is 2.89. The van der Waals surface area contributed by atoms with Gasteiger partial charge >= 0.3 is 0 Å². The Bertz CT molecular complexity index is 883. The van der Waals surface area contributed by atoms with Gasteiger partial charge in [-0.25, -0.2) is 14.1 Å². The summed E-state index contributed by atoms with van der Waals surface area (Å²) in [5, 5.41) is 11.9. The molecule has 1 aliphatic rings. The molecule has 25 heavy (non-hydrogen) atoms. The Balaban J connectivity index is 1.74. The molecule has 2 aromatic heterocycles. The molecule has 3 aromatic rings. The second-order valence-corrected chi connectivity index (χ2v) is 6.53. The summed E-state index contributed by atoms with van der Waals surface area (Å²) in [6, 6.07) is 7.44. The maximum absolute atomic E-state index is 14.4. The minimum Gasteiger partial charge on any atom is -0.370 e. The first-order chi connectivity index (χ1) is 12.1. The van der Waals surface area contributed by atoms with E-state index in [9.17, 15) is 4.39 Å². The first-order valence-corrected chi connectivity index (χ1v) is 8.51. The van der Waals surface area contributed by atoms with Crippen LogP contribution in [0.15, 0.2) is 24.3 Å². The van der Waals surface area contributed by atoms with Gasteiger partial charge in [-0.1, -0.05) is 23.7 Å². The summed E-state index contributed by atoms with van der Waals surface area (Å²) in [6.07, 6.45) is 1.70. The number of halogens is 2. The Hall–Kier alpha value is -2.25. The van der Waals surface area contributed by atoms with E-state index in [2.05, 4.69) is 20.3 Å². The molecule has 1 fully saturated rings. The lowest BCUT2D eigenvalue weighted by atomic mass is 10.2. The molecular weight excluding hydrogens is 345 g/mol. The number of benzene rings is 1. The topological polar surface area (TPSA) is 68.6 Å². The highest BCUT2D eigenvalue weighted by atomic mass is 35.5. The molecular formula is C17H17ClFN5O. The zero-order valence-electron chi connectivity index (χ0n) is 13.7. The average molecular weight is 362 g/mol. The molecule has 130 valence electrons. The van der Waals surface area contributed by atoms with Crippen LogP contribution in [0.1, 0.15) is 36.0 Å². The Morgan fingerprint density at radius 3 is 2.80 bits per heavy atom. The van der Waals surface area contributed by atoms with Crippen molar-refractivity contribution in [3.8, 4) is 11.5 Å². The van der Waals surface area contributed by atoms with Crippen LogP contribution in [0.3, 0.4) is 0 Å². The summed E-state index contributed by atoms with van der Waals surface area (Å²) in [7, 11) is 0. The van der Waals surface area contributed by atoms with Crippen LogP contribution in [0.2, 0.25) is 5.02 Å². The smallest absolute Gasteiger partial charge is 0.182 e. The van der Waals surface area contributed by atoms with Gasteiger partial charge in [-0.15, -0.1) is 0 Å². The van der Waals surface area contributed by atoms with E-state index in [1.165, 1.54) is 0 Å². The summed E-state index contributed by atoms with van der Waals surface area (Å²) < 4.78 is 21.7. The average Bonchev–Trinajstić information content (AvgIpc) is 3.32. The lowest BCUT2D eigenvalue weighted by Crippen LogP contribution is -2.06. The first-order valence-electron chi connectivity index (χ1n) is 8.13. The number of rotatable bonds is 4. The van der Waals surface area contributed by atoms with Crippen LogP contribution in [0.5, 0.6) is 0 Å². The third-order valence-electron chi connectivity index (χ3n) is 4.24. The Labute approximate surface area is 149 Å². The molecule has 3 heterocycles. The summed E-state index contributed by atoms with van der Waals surface area (Å²) in [5.41, 5.74) is 1.53. The molecule has 1 N–H and O–H groups in total. The zero-order valence-corrected chi connectivity index (χ0v) is 14.4. The zero-order chi connectivity index (χ0) is 17.4. The maximum Gasteiger partial charge on any atom is 0.182 e. The molecule has 1 aliphatic heterocycles. The fourth-order valence-corrected chi connectivity index (χ4v) is 3.02.